The van der Waals surface area contributed by atoms with Crippen LogP contribution in [0.2, 0.25) is 0 Å². The molecule has 1 saturated heterocycles. The molecule has 1 N–H and O–H groups in total. The van der Waals surface area contributed by atoms with Gasteiger partial charge in [-0.05, 0) is 20.0 Å². The van der Waals surface area contributed by atoms with Crippen molar-refractivity contribution in [2.45, 2.75) is 19.5 Å². The van der Waals surface area contributed by atoms with Crippen LogP contribution in [-0.2, 0) is 6.54 Å². The number of carboxylic acids is 1. The summed E-state index contributed by atoms with van der Waals surface area (Å²) in [5, 5.41) is 9.01. The Kier molecular flexibility index (Phi) is 3.49. The van der Waals surface area contributed by atoms with Crippen molar-refractivity contribution in [3.8, 4) is 0 Å². The molecule has 1 aromatic heterocycles. The van der Waals surface area contributed by atoms with Crippen LogP contribution in [-0.4, -0.2) is 53.6 Å². The molecule has 2 rings (SSSR count). The first kappa shape index (κ1) is 12.1. The fraction of sp³-hybridized carbons (Fsp3) is 0.583. The second-order valence-corrected chi connectivity index (χ2v) is 4.64. The van der Waals surface area contributed by atoms with E-state index in [9.17, 15) is 4.79 Å². The molecule has 1 aromatic rings. The quantitative estimate of drug-likeness (QED) is 0.855. The van der Waals surface area contributed by atoms with Crippen molar-refractivity contribution in [3.63, 3.8) is 0 Å². The van der Waals surface area contributed by atoms with Crippen LogP contribution in [0.3, 0.4) is 0 Å². The van der Waals surface area contributed by atoms with Gasteiger partial charge in [-0.3, -0.25) is 4.90 Å². The molecule has 94 valence electrons. The molecule has 1 aliphatic heterocycles. The molecule has 1 atom stereocenters. The second-order valence-electron chi connectivity index (χ2n) is 4.64. The van der Waals surface area contributed by atoms with Gasteiger partial charge in [-0.15, -0.1) is 0 Å². The molecule has 0 aromatic carbocycles. The molecule has 2 heterocycles. The molecule has 17 heavy (non-hydrogen) atoms. The number of piperazine rings is 1. The van der Waals surface area contributed by atoms with Gasteiger partial charge in [-0.2, -0.15) is 0 Å². The minimum Gasteiger partial charge on any atom is -0.478 e. The van der Waals surface area contributed by atoms with Crippen molar-refractivity contribution < 1.29 is 14.3 Å². The summed E-state index contributed by atoms with van der Waals surface area (Å²) in [5.74, 6) is -0.371. The van der Waals surface area contributed by atoms with Gasteiger partial charge < -0.3 is 14.4 Å². The van der Waals surface area contributed by atoms with E-state index < -0.39 is 5.97 Å². The van der Waals surface area contributed by atoms with Gasteiger partial charge in [0.1, 0.15) is 11.3 Å². The third-order valence-corrected chi connectivity index (χ3v) is 3.29. The van der Waals surface area contributed by atoms with Crippen LogP contribution >= 0.6 is 0 Å². The molecule has 1 unspecified atom stereocenters. The van der Waals surface area contributed by atoms with Crippen molar-refractivity contribution in [3.05, 3.63) is 23.7 Å². The van der Waals surface area contributed by atoms with Crippen LogP contribution in [0, 0.1) is 0 Å². The summed E-state index contributed by atoms with van der Waals surface area (Å²) < 4.78 is 5.27. The maximum absolute atomic E-state index is 11.0. The summed E-state index contributed by atoms with van der Waals surface area (Å²) in [6.07, 6.45) is 1.44. The van der Waals surface area contributed by atoms with E-state index in [1.165, 1.54) is 12.3 Å². The Labute approximate surface area is 101 Å². The van der Waals surface area contributed by atoms with Gasteiger partial charge in [0.15, 0.2) is 0 Å². The first-order chi connectivity index (χ1) is 8.08. The summed E-state index contributed by atoms with van der Waals surface area (Å²) in [6, 6.07) is 1.93. The highest BCUT2D eigenvalue weighted by molar-refractivity contribution is 5.88. The number of hydrogen-bond donors (Lipinski definition) is 1. The van der Waals surface area contributed by atoms with Crippen molar-refractivity contribution in [1.82, 2.24) is 9.80 Å². The predicted molar refractivity (Wildman–Crippen MR) is 63.0 cm³/mol. The molecule has 5 heteroatoms. The van der Waals surface area contributed by atoms with Crippen LogP contribution in [0.1, 0.15) is 23.0 Å². The van der Waals surface area contributed by atoms with Gasteiger partial charge in [0.2, 0.25) is 0 Å². The van der Waals surface area contributed by atoms with E-state index in [4.69, 9.17) is 9.52 Å². The van der Waals surface area contributed by atoms with Gasteiger partial charge in [0.05, 0.1) is 12.8 Å². The highest BCUT2D eigenvalue weighted by atomic mass is 16.4. The highest BCUT2D eigenvalue weighted by Gasteiger charge is 2.24. The third kappa shape index (κ3) is 2.68. The van der Waals surface area contributed by atoms with E-state index in [-0.39, 0.29) is 5.56 Å². The van der Waals surface area contributed by atoms with Crippen molar-refractivity contribution >= 4 is 5.97 Å². The van der Waals surface area contributed by atoms with Crippen molar-refractivity contribution in [2.75, 3.05) is 26.7 Å². The number of hydrogen-bond acceptors (Lipinski definition) is 4. The molecular formula is C12H18N2O3. The Balaban J connectivity index is 2.05. The predicted octanol–water partition coefficient (Wildman–Crippen LogP) is 1.11. The molecule has 0 bridgehead atoms. The van der Waals surface area contributed by atoms with E-state index in [2.05, 4.69) is 23.8 Å². The van der Waals surface area contributed by atoms with Crippen molar-refractivity contribution in [1.29, 1.82) is 0 Å². The topological polar surface area (TPSA) is 56.9 Å². The number of furan rings is 1. The fourth-order valence-corrected chi connectivity index (χ4v) is 2.25. The number of likely N-dealkylation sites (N-methyl/N-ethyl adjacent to an activating group) is 1. The molecule has 0 amide bonds. The maximum atomic E-state index is 11.0. The minimum absolute atomic E-state index is 0.274. The highest BCUT2D eigenvalue weighted by Crippen LogP contribution is 2.17. The lowest BCUT2D eigenvalue weighted by Gasteiger charge is -2.37. The molecule has 0 spiro atoms. The van der Waals surface area contributed by atoms with E-state index in [1.807, 2.05) is 0 Å². The third-order valence-electron chi connectivity index (χ3n) is 3.29. The van der Waals surface area contributed by atoms with Crippen LogP contribution in [0.25, 0.3) is 0 Å². The number of rotatable bonds is 3. The minimum atomic E-state index is -0.921. The summed E-state index contributed by atoms with van der Waals surface area (Å²) in [7, 11) is 2.10. The largest absolute Gasteiger partial charge is 0.478 e. The molecule has 0 aliphatic carbocycles. The monoisotopic (exact) mass is 238 g/mol. The first-order valence-electron chi connectivity index (χ1n) is 5.80. The van der Waals surface area contributed by atoms with E-state index in [0.717, 1.165) is 19.6 Å². The van der Waals surface area contributed by atoms with E-state index >= 15 is 0 Å². The summed E-state index contributed by atoms with van der Waals surface area (Å²) in [4.78, 5) is 15.5. The molecule has 5 nitrogen and oxygen atoms in total. The second kappa shape index (κ2) is 4.89. The zero-order chi connectivity index (χ0) is 12.4. The van der Waals surface area contributed by atoms with Crippen LogP contribution in [0.5, 0.6) is 0 Å². The summed E-state index contributed by atoms with van der Waals surface area (Å²) >= 11 is 0. The standard InChI is InChI=1S/C12H18N2O3/c1-9-7-13(2)4-5-14(9)8-11-10(12(15)16)3-6-17-11/h3,6,9H,4-5,7-8H2,1-2H3,(H,15,16). The number of carbonyl (C=O) groups is 1. The zero-order valence-electron chi connectivity index (χ0n) is 10.2. The molecule has 1 aliphatic rings. The van der Waals surface area contributed by atoms with Gasteiger partial charge >= 0.3 is 5.97 Å². The molecule has 0 radical (unpaired) electrons. The number of aromatic carboxylic acids is 1. The zero-order valence-corrected chi connectivity index (χ0v) is 10.2. The normalized spacial score (nSPS) is 22.8. The Morgan fingerprint density at radius 1 is 1.59 bits per heavy atom. The SMILES string of the molecule is CC1CN(C)CCN1Cc1occc1C(=O)O. The summed E-state index contributed by atoms with van der Waals surface area (Å²) in [5.41, 5.74) is 0.274. The average Bonchev–Trinajstić information content (AvgIpc) is 2.70. The van der Waals surface area contributed by atoms with E-state index in [1.54, 1.807) is 0 Å². The smallest absolute Gasteiger partial charge is 0.339 e. The lowest BCUT2D eigenvalue weighted by Crippen LogP contribution is -2.49. The van der Waals surface area contributed by atoms with Gasteiger partial charge in [0, 0.05) is 25.7 Å². The Morgan fingerprint density at radius 3 is 3.00 bits per heavy atom. The van der Waals surface area contributed by atoms with Crippen molar-refractivity contribution in [2.24, 2.45) is 0 Å². The maximum Gasteiger partial charge on any atom is 0.339 e. The van der Waals surface area contributed by atoms with Crippen LogP contribution in [0.4, 0.5) is 0 Å². The Bertz CT molecular complexity index is 402. The van der Waals surface area contributed by atoms with E-state index in [0.29, 0.717) is 18.3 Å². The number of nitrogens with zero attached hydrogens (tertiary/aromatic N) is 2. The number of carboxylic acid groups (broad SMARTS) is 1. The molecular weight excluding hydrogens is 220 g/mol. The van der Waals surface area contributed by atoms with Gasteiger partial charge in [-0.1, -0.05) is 0 Å². The molecule has 0 saturated carbocycles. The molecule has 1 fully saturated rings. The van der Waals surface area contributed by atoms with Gasteiger partial charge in [0.25, 0.3) is 0 Å². The first-order valence-corrected chi connectivity index (χ1v) is 5.80. The Hall–Kier alpha value is -1.33. The van der Waals surface area contributed by atoms with Gasteiger partial charge in [-0.25, -0.2) is 4.79 Å². The van der Waals surface area contributed by atoms with Crippen LogP contribution in [0.15, 0.2) is 16.7 Å². The van der Waals surface area contributed by atoms with Crippen LogP contribution < -0.4 is 0 Å². The lowest BCUT2D eigenvalue weighted by molar-refractivity contribution is 0.0679. The fourth-order valence-electron chi connectivity index (χ4n) is 2.25. The lowest BCUT2D eigenvalue weighted by atomic mass is 10.1. The summed E-state index contributed by atoms with van der Waals surface area (Å²) in [6.45, 7) is 5.68. The Morgan fingerprint density at radius 2 is 2.35 bits per heavy atom. The average molecular weight is 238 g/mol.